The van der Waals surface area contributed by atoms with E-state index in [0.29, 0.717) is 69.6 Å². The number of nitrogens with one attached hydrogen (secondary N) is 1. The van der Waals surface area contributed by atoms with Crippen LogP contribution in [0.3, 0.4) is 0 Å². The van der Waals surface area contributed by atoms with Gasteiger partial charge < -0.3 is 19.5 Å². The van der Waals surface area contributed by atoms with Gasteiger partial charge >= 0.3 is 5.97 Å². The molecular weight excluding hydrogens is 539 g/mol. The molecule has 0 saturated heterocycles. The van der Waals surface area contributed by atoms with E-state index in [9.17, 15) is 9.59 Å². The van der Waals surface area contributed by atoms with Crippen LogP contribution in [0.25, 0.3) is 11.3 Å². The molecule has 1 unspecified atom stereocenters. The molecule has 0 aliphatic carbocycles. The van der Waals surface area contributed by atoms with Crippen LogP contribution in [0.15, 0.2) is 78.9 Å². The van der Waals surface area contributed by atoms with Crippen LogP contribution in [0.2, 0.25) is 10.0 Å². The second-order valence-corrected chi connectivity index (χ2v) is 9.55. The molecule has 2 heterocycles. The lowest BCUT2D eigenvalue weighted by Crippen LogP contribution is -2.23. The molecule has 1 aromatic heterocycles. The molecule has 0 fully saturated rings. The minimum atomic E-state index is -0.432. The maximum atomic E-state index is 12.9. The zero-order valence-electron chi connectivity index (χ0n) is 20.9. The Hall–Kier alpha value is -4.07. The molecule has 1 aliphatic rings. The Kier molecular flexibility index (Phi) is 8.00. The molecule has 0 bridgehead atoms. The maximum absolute atomic E-state index is 12.9. The minimum Gasteiger partial charge on any atom is -0.493 e. The van der Waals surface area contributed by atoms with E-state index in [4.69, 9.17) is 37.4 Å². The van der Waals surface area contributed by atoms with Crippen molar-refractivity contribution in [2.75, 3.05) is 18.5 Å². The molecule has 7 nitrogen and oxygen atoms in total. The van der Waals surface area contributed by atoms with Crippen LogP contribution in [-0.2, 0) is 9.53 Å². The molecule has 3 aromatic carbocycles. The molecule has 1 atom stereocenters. The lowest BCUT2D eigenvalue weighted by Gasteiger charge is -2.25. The summed E-state index contributed by atoms with van der Waals surface area (Å²) in [4.78, 5) is 29.7. The van der Waals surface area contributed by atoms with Gasteiger partial charge in [0.15, 0.2) is 0 Å². The van der Waals surface area contributed by atoms with Gasteiger partial charge in [0, 0.05) is 27.8 Å². The topological polar surface area (TPSA) is 86.8 Å². The summed E-state index contributed by atoms with van der Waals surface area (Å²) in [5.41, 5.74) is 2.53. The third-order valence-corrected chi connectivity index (χ3v) is 6.78. The number of anilines is 1. The standard InChI is InChI=1S/C30H24Cl2N2O5/c1-2-37-30(36)20-14-15-38-26-17-27(24(32)16-22(20)26)39-19-12-10-18(11-13-19)29(35)34-28-9-5-8-25(33-28)21-6-3-4-7-23(21)31/h3-13,16-17,20H,2,14-15H2,1H3,(H,33,34,35). The lowest BCUT2D eigenvalue weighted by atomic mass is 9.93. The largest absolute Gasteiger partial charge is 0.493 e. The predicted molar refractivity (Wildman–Crippen MR) is 150 cm³/mol. The summed E-state index contributed by atoms with van der Waals surface area (Å²) in [6, 6.07) is 22.7. The number of benzene rings is 3. The zero-order valence-corrected chi connectivity index (χ0v) is 22.5. The van der Waals surface area contributed by atoms with Gasteiger partial charge in [0.25, 0.3) is 5.91 Å². The fourth-order valence-corrected chi connectivity index (χ4v) is 4.71. The Balaban J connectivity index is 1.28. The number of esters is 1. The van der Waals surface area contributed by atoms with E-state index in [0.717, 1.165) is 5.56 Å². The van der Waals surface area contributed by atoms with E-state index in [-0.39, 0.29) is 11.9 Å². The number of amides is 1. The summed E-state index contributed by atoms with van der Waals surface area (Å²) in [6.45, 7) is 2.46. The van der Waals surface area contributed by atoms with Gasteiger partial charge in [0.05, 0.1) is 29.8 Å². The average molecular weight is 563 g/mol. The van der Waals surface area contributed by atoms with Crippen molar-refractivity contribution in [1.82, 2.24) is 4.98 Å². The Morgan fingerprint density at radius 3 is 2.56 bits per heavy atom. The van der Waals surface area contributed by atoms with Crippen molar-refractivity contribution in [3.63, 3.8) is 0 Å². The van der Waals surface area contributed by atoms with Crippen LogP contribution >= 0.6 is 23.2 Å². The van der Waals surface area contributed by atoms with Gasteiger partial charge in [0.2, 0.25) is 0 Å². The fraction of sp³-hybridized carbons (Fsp3) is 0.167. The van der Waals surface area contributed by atoms with E-state index in [1.807, 2.05) is 24.3 Å². The Morgan fingerprint density at radius 2 is 1.79 bits per heavy atom. The first-order valence-corrected chi connectivity index (χ1v) is 13.1. The van der Waals surface area contributed by atoms with E-state index in [1.54, 1.807) is 61.5 Å². The van der Waals surface area contributed by atoms with Crippen molar-refractivity contribution < 1.29 is 23.8 Å². The number of fused-ring (bicyclic) bond motifs is 1. The zero-order chi connectivity index (χ0) is 27.4. The molecule has 9 heteroatoms. The van der Waals surface area contributed by atoms with Crippen molar-refractivity contribution in [3.05, 3.63) is 100 Å². The number of aromatic nitrogens is 1. The summed E-state index contributed by atoms with van der Waals surface area (Å²) in [5, 5.41) is 3.72. The first-order valence-electron chi connectivity index (χ1n) is 12.4. The maximum Gasteiger partial charge on any atom is 0.313 e. The quantitative estimate of drug-likeness (QED) is 0.234. The van der Waals surface area contributed by atoms with Gasteiger partial charge in [0.1, 0.15) is 23.1 Å². The van der Waals surface area contributed by atoms with Gasteiger partial charge in [-0.2, -0.15) is 0 Å². The van der Waals surface area contributed by atoms with Gasteiger partial charge in [-0.05, 0) is 61.9 Å². The second kappa shape index (κ2) is 11.8. The summed E-state index contributed by atoms with van der Waals surface area (Å²) >= 11 is 12.8. The van der Waals surface area contributed by atoms with Crippen molar-refractivity contribution in [2.45, 2.75) is 19.3 Å². The van der Waals surface area contributed by atoms with Crippen LogP contribution in [0.4, 0.5) is 5.82 Å². The summed E-state index contributed by atoms with van der Waals surface area (Å²) < 4.78 is 16.9. The summed E-state index contributed by atoms with van der Waals surface area (Å²) in [7, 11) is 0. The van der Waals surface area contributed by atoms with Gasteiger partial charge in [-0.3, -0.25) is 9.59 Å². The number of carbonyl (C=O) groups is 2. The lowest BCUT2D eigenvalue weighted by molar-refractivity contribution is -0.145. The average Bonchev–Trinajstić information content (AvgIpc) is 2.94. The van der Waals surface area contributed by atoms with E-state index in [1.165, 1.54) is 0 Å². The van der Waals surface area contributed by atoms with E-state index in [2.05, 4.69) is 10.3 Å². The highest BCUT2D eigenvalue weighted by Crippen LogP contribution is 2.42. The molecule has 1 amide bonds. The number of hydrogen-bond donors (Lipinski definition) is 1. The SMILES string of the molecule is CCOC(=O)C1CCOc2cc(Oc3ccc(C(=O)Nc4cccc(-c5ccccc5Cl)n4)cc3)c(Cl)cc21. The van der Waals surface area contributed by atoms with Crippen LogP contribution in [0, 0.1) is 0 Å². The molecule has 0 spiro atoms. The molecule has 0 radical (unpaired) electrons. The number of ether oxygens (including phenoxy) is 3. The molecule has 4 aromatic rings. The molecule has 39 heavy (non-hydrogen) atoms. The first-order chi connectivity index (χ1) is 18.9. The van der Waals surface area contributed by atoms with Crippen LogP contribution in [0.1, 0.15) is 35.2 Å². The molecule has 1 N–H and O–H groups in total. The monoisotopic (exact) mass is 562 g/mol. The third-order valence-electron chi connectivity index (χ3n) is 6.16. The highest BCUT2D eigenvalue weighted by atomic mass is 35.5. The van der Waals surface area contributed by atoms with Crippen molar-refractivity contribution >= 4 is 40.9 Å². The molecule has 0 saturated carbocycles. The second-order valence-electron chi connectivity index (χ2n) is 8.73. The molecule has 5 rings (SSSR count). The van der Waals surface area contributed by atoms with Crippen molar-refractivity contribution in [3.8, 4) is 28.5 Å². The third kappa shape index (κ3) is 6.00. The molecule has 198 valence electrons. The number of halogens is 2. The normalized spacial score (nSPS) is 14.1. The van der Waals surface area contributed by atoms with Crippen LogP contribution in [0.5, 0.6) is 17.2 Å². The van der Waals surface area contributed by atoms with Crippen LogP contribution in [-0.4, -0.2) is 30.1 Å². The Labute approximate surface area is 235 Å². The number of nitrogens with zero attached hydrogens (tertiary/aromatic N) is 1. The smallest absolute Gasteiger partial charge is 0.313 e. The van der Waals surface area contributed by atoms with Gasteiger partial charge in [-0.1, -0.05) is 47.5 Å². The predicted octanol–water partition coefficient (Wildman–Crippen LogP) is 7.53. The van der Waals surface area contributed by atoms with E-state index >= 15 is 0 Å². The number of pyridine rings is 1. The number of rotatable bonds is 7. The highest BCUT2D eigenvalue weighted by Gasteiger charge is 2.30. The highest BCUT2D eigenvalue weighted by molar-refractivity contribution is 6.33. The molecular formula is C30H24Cl2N2O5. The summed E-state index contributed by atoms with van der Waals surface area (Å²) in [5.74, 6) is 0.726. The van der Waals surface area contributed by atoms with Crippen molar-refractivity contribution in [1.29, 1.82) is 0 Å². The molecule has 1 aliphatic heterocycles. The Morgan fingerprint density at radius 1 is 1.00 bits per heavy atom. The first kappa shape index (κ1) is 26.5. The number of hydrogen-bond acceptors (Lipinski definition) is 6. The summed E-state index contributed by atoms with van der Waals surface area (Å²) in [6.07, 6.45) is 0.520. The Bertz CT molecular complexity index is 1520. The fourth-order valence-electron chi connectivity index (χ4n) is 4.27. The van der Waals surface area contributed by atoms with Gasteiger partial charge in [-0.15, -0.1) is 0 Å². The van der Waals surface area contributed by atoms with Crippen LogP contribution < -0.4 is 14.8 Å². The minimum absolute atomic E-state index is 0.300. The van der Waals surface area contributed by atoms with Crippen molar-refractivity contribution in [2.24, 2.45) is 0 Å². The van der Waals surface area contributed by atoms with E-state index < -0.39 is 5.92 Å². The number of carbonyl (C=O) groups excluding carboxylic acids is 2. The van der Waals surface area contributed by atoms with Gasteiger partial charge in [-0.25, -0.2) is 4.98 Å².